The van der Waals surface area contributed by atoms with Gasteiger partial charge in [-0.15, -0.1) is 0 Å². The molecule has 0 aliphatic rings. The second-order valence-corrected chi connectivity index (χ2v) is 30.2. The zero-order valence-electron chi connectivity index (χ0n) is 72.1. The number of aryl methyl sites for hydroxylation is 1. The van der Waals surface area contributed by atoms with Gasteiger partial charge in [-0.3, -0.25) is 29.1 Å². The Kier molecular flexibility index (Phi) is 25.8. The fourth-order valence-corrected chi connectivity index (χ4v) is 15.5. The highest BCUT2D eigenvalue weighted by molar-refractivity contribution is 6.06. The number of pyridine rings is 4. The van der Waals surface area contributed by atoms with Crippen LogP contribution in [0.15, 0.2) is 342 Å². The van der Waals surface area contributed by atoms with Crippen molar-refractivity contribution in [2.75, 3.05) is 42.6 Å². The van der Waals surface area contributed by atoms with Gasteiger partial charge in [-0.1, -0.05) is 188 Å². The second kappa shape index (κ2) is 39.3. The Balaban J connectivity index is 0.000000125. The molecule has 0 saturated heterocycles. The third-order valence-electron chi connectivity index (χ3n) is 22.1. The van der Waals surface area contributed by atoms with Crippen LogP contribution in [0.5, 0.6) is 17.5 Å². The lowest BCUT2D eigenvalue weighted by atomic mass is 9.88. The van der Waals surface area contributed by atoms with E-state index in [1.165, 1.54) is 64.7 Å². The van der Waals surface area contributed by atoms with Crippen LogP contribution in [0.4, 0.5) is 22.7 Å². The Morgan fingerprint density at radius 3 is 1.11 bits per heavy atom. The molecule has 135 heavy (non-hydrogen) atoms. The van der Waals surface area contributed by atoms with E-state index in [2.05, 4.69) is 122 Å². The van der Waals surface area contributed by atoms with Crippen LogP contribution in [0.1, 0.15) is 51.1 Å². The number of benzene rings is 8. The first-order valence-electron chi connectivity index (χ1n) is 41.7. The molecule has 0 unspecified atom stereocenters. The third-order valence-corrected chi connectivity index (χ3v) is 22.1. The SMILES string of the molecule is COc1c(NC(=O)[C@@](O)(c2ccccc2)c2ncc[nH]2)cncc1-c1cnnc2ccccc12.COc1ncc(-c2cnnc3ccccc23)cc1NC(=O)[C@@](O)(c1ccccc1)c1ncc[nH]1.COc1ncc(NC(=O)[C@@](O)(c2ccccc2)c2ncc[nH]2)cc1-c1cnnc2ccccc12.Cc1ccccc1[C@](O)(C(=O)Nc1cncc(-c2cnnc3ccccc23)c1)c1ncc[nH]1. The maximum Gasteiger partial charge on any atom is 0.269 e. The summed E-state index contributed by atoms with van der Waals surface area (Å²) >= 11 is 0. The highest BCUT2D eigenvalue weighted by Gasteiger charge is 2.47. The summed E-state index contributed by atoms with van der Waals surface area (Å²) in [6, 6.07) is 68.6. The Labute approximate surface area is 767 Å². The minimum Gasteiger partial charge on any atom is -0.494 e. The van der Waals surface area contributed by atoms with Gasteiger partial charge in [0.1, 0.15) is 11.4 Å². The maximum atomic E-state index is 13.5. The highest BCUT2D eigenvalue weighted by atomic mass is 16.5. The number of hydrogen-bond donors (Lipinski definition) is 12. The smallest absolute Gasteiger partial charge is 0.269 e. The average molecular weight is 1790 g/mol. The van der Waals surface area contributed by atoms with E-state index in [1.807, 2.05) is 116 Å². The number of nitrogens with one attached hydrogen (secondary N) is 8. The zero-order chi connectivity index (χ0) is 93.5. The molecule has 4 amide bonds. The molecule has 20 rings (SSSR count). The van der Waals surface area contributed by atoms with Crippen molar-refractivity contribution in [3.8, 4) is 62.0 Å². The van der Waals surface area contributed by atoms with E-state index < -0.39 is 46.0 Å². The second-order valence-electron chi connectivity index (χ2n) is 30.2. The van der Waals surface area contributed by atoms with Crippen molar-refractivity contribution in [3.63, 3.8) is 0 Å². The predicted octanol–water partition coefficient (Wildman–Crippen LogP) is 13.5. The lowest BCUT2D eigenvalue weighted by molar-refractivity contribution is -0.132. The number of anilines is 4. The van der Waals surface area contributed by atoms with Crippen LogP contribution in [-0.4, -0.2) is 166 Å². The molecule has 0 aliphatic heterocycles. The summed E-state index contributed by atoms with van der Waals surface area (Å²) in [5.41, 5.74) is 4.17. The highest BCUT2D eigenvalue weighted by Crippen LogP contribution is 2.43. The summed E-state index contributed by atoms with van der Waals surface area (Å²) in [7, 11) is 4.48. The number of amides is 4. The van der Waals surface area contributed by atoms with Crippen LogP contribution in [0.25, 0.3) is 88.1 Å². The molecule has 0 fully saturated rings. The molecule has 12 aromatic heterocycles. The quantitative estimate of drug-likeness (QED) is 0.0283. The molecule has 35 heteroatoms. The fourth-order valence-electron chi connectivity index (χ4n) is 15.5. The van der Waals surface area contributed by atoms with Crippen LogP contribution < -0.4 is 35.5 Å². The van der Waals surface area contributed by atoms with E-state index in [0.29, 0.717) is 73.0 Å². The number of carbonyl (C=O) groups excluding carboxylic acids is 4. The number of aliphatic hydroxyl groups is 4. The van der Waals surface area contributed by atoms with Crippen LogP contribution in [0.3, 0.4) is 0 Å². The summed E-state index contributed by atoms with van der Waals surface area (Å²) < 4.78 is 16.5. The minimum atomic E-state index is -2.07. The number of ether oxygens (including phenoxy) is 3. The van der Waals surface area contributed by atoms with Gasteiger partial charge in [0.25, 0.3) is 23.6 Å². The molecule has 0 saturated carbocycles. The van der Waals surface area contributed by atoms with Gasteiger partial charge >= 0.3 is 0 Å². The van der Waals surface area contributed by atoms with Crippen LogP contribution >= 0.6 is 0 Å². The molecule has 0 aliphatic carbocycles. The number of carbonyl (C=O) groups is 4. The van der Waals surface area contributed by atoms with Crippen molar-refractivity contribution in [1.82, 2.24) is 101 Å². The molecule has 35 nitrogen and oxygen atoms in total. The van der Waals surface area contributed by atoms with Crippen molar-refractivity contribution in [1.29, 1.82) is 0 Å². The summed E-state index contributed by atoms with van der Waals surface area (Å²) in [5, 5.41) is 94.0. The van der Waals surface area contributed by atoms with E-state index in [9.17, 15) is 39.6 Å². The number of hydrogen-bond acceptors (Lipinski definition) is 27. The lowest BCUT2D eigenvalue weighted by Gasteiger charge is -2.27. The van der Waals surface area contributed by atoms with Gasteiger partial charge in [0.05, 0.1) is 98.1 Å². The van der Waals surface area contributed by atoms with Gasteiger partial charge in [-0.25, -0.2) is 29.9 Å². The topological polar surface area (TPSA) is 494 Å². The molecule has 4 atom stereocenters. The van der Waals surface area contributed by atoms with E-state index in [0.717, 1.165) is 66.0 Å². The third kappa shape index (κ3) is 17.9. The number of imidazole rings is 4. The van der Waals surface area contributed by atoms with Gasteiger partial charge in [0.2, 0.25) is 34.2 Å². The summed E-state index contributed by atoms with van der Waals surface area (Å²) in [5.74, 6) is -1.45. The molecule has 0 spiro atoms. The molecule has 0 bridgehead atoms. The van der Waals surface area contributed by atoms with Crippen molar-refractivity contribution < 1.29 is 53.8 Å². The van der Waals surface area contributed by atoms with Gasteiger partial charge in [0.15, 0.2) is 29.0 Å². The van der Waals surface area contributed by atoms with Crippen LogP contribution in [0.2, 0.25) is 0 Å². The molecular formula is C100H80N24O11. The molecule has 8 aromatic carbocycles. The first-order valence-corrected chi connectivity index (χ1v) is 41.7. The normalized spacial score (nSPS) is 12.8. The standard InChI is InChI=1S/3C25H20N6O3.C25H20N6O2/c1-34-22-21(13-16(14-28-22)19-15-29-31-20-10-6-5-9-18(19)20)30-24(32)25(33,23-26-11-12-27-23)17-7-3-2-4-8-17;1-34-22-19(20-15-29-31-21-10-6-5-9-18(20)21)13-17(14-28-22)30-24(32)25(33,23-26-11-12-27-23)16-7-3-2-4-8-16;1-34-22-19(18-14-29-31-20-10-6-5-9-17(18)20)13-26-15-21(22)30-24(32)25(33,23-27-11-12-28-23)16-7-3-2-4-8-16;1-16-6-2-4-8-21(16)25(33,23-27-10-11-28-23)24(32)30-18-12-17(13-26-14-18)20-15-29-31-22-9-5-3-7-19(20)22/h2*2-15,33H,1H3,(H,26,27)(H,30,32);2-15,33H,1H3,(H,27,28)(H,30,32);2-15,33H,1H3,(H,27,28)(H,30,32)/t4*25-/m1111/s1. The Hall–Kier alpha value is -18.3. The van der Waals surface area contributed by atoms with Crippen molar-refractivity contribution in [3.05, 3.63) is 393 Å². The fraction of sp³-hybridized carbons (Fsp3) is 0.0800. The minimum absolute atomic E-state index is 0.0867. The number of fused-ring (bicyclic) bond motifs is 4. The average Bonchev–Trinajstić information content (AvgIpc) is 1.67. The molecule has 20 aromatic rings. The van der Waals surface area contributed by atoms with Gasteiger partial charge in [-0.2, -0.15) is 40.8 Å². The number of aromatic nitrogens is 20. The molecular weight excluding hydrogens is 1710 g/mol. The van der Waals surface area contributed by atoms with E-state index in [1.54, 1.807) is 189 Å². The maximum absolute atomic E-state index is 13.5. The number of methoxy groups -OCH3 is 3. The summed E-state index contributed by atoms with van der Waals surface area (Å²) in [6.07, 6.45) is 28.1. The zero-order valence-corrected chi connectivity index (χ0v) is 72.1. The van der Waals surface area contributed by atoms with Gasteiger partial charge < -0.3 is 75.8 Å². The van der Waals surface area contributed by atoms with Crippen LogP contribution in [0, 0.1) is 6.92 Å². The summed E-state index contributed by atoms with van der Waals surface area (Å²) in [6.45, 7) is 1.83. The Morgan fingerprint density at radius 1 is 0.311 bits per heavy atom. The Bertz CT molecular complexity index is 7420. The number of nitrogens with zero attached hydrogens (tertiary/aromatic N) is 16. The largest absolute Gasteiger partial charge is 0.494 e. The monoisotopic (exact) mass is 1790 g/mol. The summed E-state index contributed by atoms with van der Waals surface area (Å²) in [4.78, 5) is 99.3. The Morgan fingerprint density at radius 2 is 0.674 bits per heavy atom. The number of rotatable bonds is 23. The van der Waals surface area contributed by atoms with Gasteiger partial charge in [-0.05, 0) is 55.0 Å². The van der Waals surface area contributed by atoms with E-state index in [-0.39, 0.29) is 40.6 Å². The lowest BCUT2D eigenvalue weighted by Crippen LogP contribution is -2.43. The van der Waals surface area contributed by atoms with Crippen molar-refractivity contribution in [2.24, 2.45) is 0 Å². The van der Waals surface area contributed by atoms with E-state index in [4.69, 9.17) is 14.2 Å². The number of aromatic amines is 4. The van der Waals surface area contributed by atoms with Crippen LogP contribution in [-0.2, 0) is 41.6 Å². The number of H-pyrrole nitrogens is 4. The predicted molar refractivity (Wildman–Crippen MR) is 502 cm³/mol. The molecule has 12 N–H and O–H groups in total. The molecule has 0 radical (unpaired) electrons. The van der Waals surface area contributed by atoms with Crippen molar-refractivity contribution in [2.45, 2.75) is 29.3 Å². The van der Waals surface area contributed by atoms with Crippen molar-refractivity contribution >= 4 is 90.0 Å². The first kappa shape index (κ1) is 88.7. The first-order chi connectivity index (χ1) is 65.9. The molecule has 12 heterocycles. The van der Waals surface area contributed by atoms with Gasteiger partial charge in [0, 0.05) is 156 Å². The molecule has 666 valence electrons. The van der Waals surface area contributed by atoms with E-state index >= 15 is 0 Å².